The number of likely N-dealkylation sites (tertiary alicyclic amines) is 1. The van der Waals surface area contributed by atoms with Gasteiger partial charge in [0.05, 0.1) is 6.42 Å². The molecule has 4 rings (SSSR count). The molecule has 1 spiro atoms. The molecular weight excluding hydrogens is 331 g/mol. The number of nitrogens with zero attached hydrogens (tertiary/aromatic N) is 1. The first-order chi connectivity index (χ1) is 12.6. The van der Waals surface area contributed by atoms with Gasteiger partial charge >= 0.3 is 0 Å². The zero-order chi connectivity index (χ0) is 18.1. The fourth-order valence-electron chi connectivity index (χ4n) is 3.96. The van der Waals surface area contributed by atoms with Crippen molar-refractivity contribution in [2.24, 2.45) is 11.3 Å². The number of carbonyl (C=O) groups excluding carboxylic acids is 2. The minimum atomic E-state index is -0.369. The van der Waals surface area contributed by atoms with E-state index >= 15 is 0 Å². The predicted molar refractivity (Wildman–Crippen MR) is 96.9 cm³/mol. The van der Waals surface area contributed by atoms with E-state index in [0.29, 0.717) is 25.2 Å². The van der Waals surface area contributed by atoms with E-state index in [1.807, 2.05) is 35.2 Å². The maximum atomic E-state index is 13.3. The lowest BCUT2D eigenvalue weighted by Crippen LogP contribution is -2.31. The number of anilines is 1. The second-order valence-electron chi connectivity index (χ2n) is 7.35. The van der Waals surface area contributed by atoms with Crippen LogP contribution in [0.4, 0.5) is 10.1 Å². The first-order valence-corrected chi connectivity index (χ1v) is 8.94. The summed E-state index contributed by atoms with van der Waals surface area (Å²) in [6.45, 7) is 1.34. The minimum absolute atomic E-state index is 0.0760. The number of halogens is 1. The highest BCUT2D eigenvalue weighted by Crippen LogP contribution is 2.58. The average molecular weight is 352 g/mol. The Labute approximate surface area is 152 Å². The molecule has 2 aliphatic rings. The van der Waals surface area contributed by atoms with Gasteiger partial charge in [0.25, 0.3) is 0 Å². The molecule has 2 fully saturated rings. The topological polar surface area (TPSA) is 49.4 Å². The maximum Gasteiger partial charge on any atom is 0.228 e. The maximum absolute atomic E-state index is 13.3. The highest BCUT2D eigenvalue weighted by Gasteiger charge is 2.61. The monoisotopic (exact) mass is 352 g/mol. The zero-order valence-corrected chi connectivity index (χ0v) is 14.5. The molecule has 2 amide bonds. The number of hydrogen-bond donors (Lipinski definition) is 1. The normalized spacial score (nSPS) is 23.9. The van der Waals surface area contributed by atoms with E-state index in [1.165, 1.54) is 12.1 Å². The van der Waals surface area contributed by atoms with Crippen LogP contribution in [0.5, 0.6) is 0 Å². The molecule has 0 bridgehead atoms. The van der Waals surface area contributed by atoms with Crippen molar-refractivity contribution in [2.75, 3.05) is 18.4 Å². The SMILES string of the molecule is O=C(Nc1cccc(F)c1)[C@H]1C[C@@]12CCN(C(=O)Cc1ccccc1)C2. The third kappa shape index (κ3) is 3.34. The Kier molecular flexibility index (Phi) is 4.23. The summed E-state index contributed by atoms with van der Waals surface area (Å²) in [7, 11) is 0. The van der Waals surface area contributed by atoms with Crippen LogP contribution in [0.25, 0.3) is 0 Å². The van der Waals surface area contributed by atoms with Gasteiger partial charge < -0.3 is 10.2 Å². The Bertz CT molecular complexity index is 839. The number of hydrogen-bond acceptors (Lipinski definition) is 2. The molecule has 0 aromatic heterocycles. The lowest BCUT2D eigenvalue weighted by Gasteiger charge is -2.17. The largest absolute Gasteiger partial charge is 0.342 e. The van der Waals surface area contributed by atoms with Gasteiger partial charge in [0.1, 0.15) is 5.82 Å². The van der Waals surface area contributed by atoms with Crippen LogP contribution in [0, 0.1) is 17.2 Å². The second kappa shape index (κ2) is 6.56. The van der Waals surface area contributed by atoms with E-state index in [9.17, 15) is 14.0 Å². The highest BCUT2D eigenvalue weighted by molar-refractivity contribution is 5.95. The third-order valence-electron chi connectivity index (χ3n) is 5.53. The molecule has 2 aromatic rings. The van der Waals surface area contributed by atoms with Gasteiger partial charge in [0.15, 0.2) is 0 Å². The summed E-state index contributed by atoms with van der Waals surface area (Å²) in [4.78, 5) is 26.9. The molecule has 1 saturated heterocycles. The molecule has 1 N–H and O–H groups in total. The lowest BCUT2D eigenvalue weighted by atomic mass is 10.0. The van der Waals surface area contributed by atoms with Crippen molar-refractivity contribution in [1.29, 1.82) is 0 Å². The van der Waals surface area contributed by atoms with Gasteiger partial charge in [-0.25, -0.2) is 4.39 Å². The van der Waals surface area contributed by atoms with Gasteiger partial charge in [-0.05, 0) is 36.6 Å². The smallest absolute Gasteiger partial charge is 0.228 e. The predicted octanol–water partition coefficient (Wildman–Crippen LogP) is 3.25. The first-order valence-electron chi connectivity index (χ1n) is 8.94. The van der Waals surface area contributed by atoms with Crippen LogP contribution in [-0.4, -0.2) is 29.8 Å². The summed E-state index contributed by atoms with van der Waals surface area (Å²) in [5, 5.41) is 2.80. The molecule has 5 heteroatoms. The Balaban J connectivity index is 1.34. The molecule has 134 valence electrons. The summed E-state index contributed by atoms with van der Waals surface area (Å²) >= 11 is 0. The van der Waals surface area contributed by atoms with E-state index in [0.717, 1.165) is 18.4 Å². The standard InChI is InChI=1S/C21H21FN2O2/c22-16-7-4-8-17(12-16)23-20(26)18-13-21(18)9-10-24(14-21)19(25)11-15-5-2-1-3-6-15/h1-8,12,18H,9-11,13-14H2,(H,23,26)/t18-,21-/m1/s1. The van der Waals surface area contributed by atoms with Crippen LogP contribution in [0.15, 0.2) is 54.6 Å². The van der Waals surface area contributed by atoms with Gasteiger partial charge in [-0.15, -0.1) is 0 Å². The van der Waals surface area contributed by atoms with Crippen molar-refractivity contribution in [3.8, 4) is 0 Å². The number of benzene rings is 2. The van der Waals surface area contributed by atoms with Gasteiger partial charge in [-0.3, -0.25) is 9.59 Å². The summed E-state index contributed by atoms with van der Waals surface area (Å²) in [6, 6.07) is 15.6. The van der Waals surface area contributed by atoms with Crippen LogP contribution in [-0.2, 0) is 16.0 Å². The molecule has 2 aromatic carbocycles. The van der Waals surface area contributed by atoms with Gasteiger partial charge in [0, 0.05) is 30.1 Å². The summed E-state index contributed by atoms with van der Waals surface area (Å²) in [5.41, 5.74) is 1.39. The fraction of sp³-hybridized carbons (Fsp3) is 0.333. The highest BCUT2D eigenvalue weighted by atomic mass is 19.1. The fourth-order valence-corrected chi connectivity index (χ4v) is 3.96. The number of amides is 2. The molecule has 4 nitrogen and oxygen atoms in total. The number of rotatable bonds is 4. The molecule has 1 aliphatic heterocycles. The van der Waals surface area contributed by atoms with E-state index in [-0.39, 0.29) is 29.0 Å². The Morgan fingerprint density at radius 3 is 2.73 bits per heavy atom. The molecule has 1 heterocycles. The van der Waals surface area contributed by atoms with Crippen LogP contribution in [0.2, 0.25) is 0 Å². The van der Waals surface area contributed by atoms with Crippen LogP contribution in [0.1, 0.15) is 18.4 Å². The van der Waals surface area contributed by atoms with Crippen LogP contribution in [0.3, 0.4) is 0 Å². The van der Waals surface area contributed by atoms with E-state index in [4.69, 9.17) is 0 Å². The van der Waals surface area contributed by atoms with Crippen molar-refractivity contribution in [2.45, 2.75) is 19.3 Å². The average Bonchev–Trinajstić information content (AvgIpc) is 3.16. The van der Waals surface area contributed by atoms with Crippen LogP contribution < -0.4 is 5.32 Å². The summed E-state index contributed by atoms with van der Waals surface area (Å²) in [6.07, 6.45) is 2.05. The van der Waals surface area contributed by atoms with E-state index < -0.39 is 0 Å². The van der Waals surface area contributed by atoms with Gasteiger partial charge in [0.2, 0.25) is 11.8 Å². The van der Waals surface area contributed by atoms with Crippen molar-refractivity contribution < 1.29 is 14.0 Å². The molecule has 2 atom stereocenters. The van der Waals surface area contributed by atoms with E-state index in [2.05, 4.69) is 5.32 Å². The van der Waals surface area contributed by atoms with Crippen LogP contribution >= 0.6 is 0 Å². The Morgan fingerprint density at radius 2 is 1.96 bits per heavy atom. The van der Waals surface area contributed by atoms with Crippen molar-refractivity contribution in [1.82, 2.24) is 4.90 Å². The molecule has 0 radical (unpaired) electrons. The number of carbonyl (C=O) groups is 2. The Morgan fingerprint density at radius 1 is 1.15 bits per heavy atom. The first kappa shape index (κ1) is 16.8. The van der Waals surface area contributed by atoms with E-state index in [1.54, 1.807) is 12.1 Å². The molecule has 0 unspecified atom stereocenters. The minimum Gasteiger partial charge on any atom is -0.342 e. The molecular formula is C21H21FN2O2. The molecule has 1 saturated carbocycles. The van der Waals surface area contributed by atoms with Crippen molar-refractivity contribution in [3.63, 3.8) is 0 Å². The summed E-state index contributed by atoms with van der Waals surface area (Å²) < 4.78 is 13.3. The summed E-state index contributed by atoms with van der Waals surface area (Å²) in [5.74, 6) is -0.427. The third-order valence-corrected chi connectivity index (χ3v) is 5.53. The van der Waals surface area contributed by atoms with Gasteiger partial charge in [-0.2, -0.15) is 0 Å². The zero-order valence-electron chi connectivity index (χ0n) is 14.5. The van der Waals surface area contributed by atoms with Crippen molar-refractivity contribution in [3.05, 3.63) is 66.0 Å². The Hall–Kier alpha value is -2.69. The molecule has 26 heavy (non-hydrogen) atoms. The van der Waals surface area contributed by atoms with Gasteiger partial charge in [-0.1, -0.05) is 36.4 Å². The quantitative estimate of drug-likeness (QED) is 0.918. The second-order valence-corrected chi connectivity index (χ2v) is 7.35. The van der Waals surface area contributed by atoms with Crippen molar-refractivity contribution >= 4 is 17.5 Å². The number of nitrogens with one attached hydrogen (secondary N) is 1. The molecule has 1 aliphatic carbocycles. The lowest BCUT2D eigenvalue weighted by molar-refractivity contribution is -0.129.